The Morgan fingerprint density at radius 2 is 1.92 bits per heavy atom. The van der Waals surface area contributed by atoms with E-state index in [0.29, 0.717) is 5.92 Å². The highest BCUT2D eigenvalue weighted by atomic mass is 35.5. The molecule has 1 aromatic heterocycles. The summed E-state index contributed by atoms with van der Waals surface area (Å²) in [6, 6.07) is 7.67. The van der Waals surface area contributed by atoms with E-state index in [-0.39, 0.29) is 43.1 Å². The van der Waals surface area contributed by atoms with Crippen molar-refractivity contribution in [3.63, 3.8) is 0 Å². The van der Waals surface area contributed by atoms with Crippen molar-refractivity contribution in [2.45, 2.75) is 32.4 Å². The molecule has 25 heavy (non-hydrogen) atoms. The molecule has 9 heteroatoms. The van der Waals surface area contributed by atoms with Crippen LogP contribution >= 0.6 is 12.4 Å². The summed E-state index contributed by atoms with van der Waals surface area (Å²) in [6.07, 6.45) is 2.32. The third kappa shape index (κ3) is 5.84. The summed E-state index contributed by atoms with van der Waals surface area (Å²) in [6.45, 7) is 4.43. The standard InChI is InChI=1S/C16H21N5O3.ClH/c1-11(2)12-3-5-13(6-4-12)15(17)8-18-16(22)10-20-9-14(7-19-20)21(23)24;/h3-7,9,11,15H,8,10,17H2,1-2H3,(H,18,22);1H. The molecule has 1 atom stereocenters. The van der Waals surface area contributed by atoms with Crippen molar-refractivity contribution >= 4 is 24.0 Å². The van der Waals surface area contributed by atoms with Crippen LogP contribution in [0.25, 0.3) is 0 Å². The van der Waals surface area contributed by atoms with E-state index < -0.39 is 4.92 Å². The lowest BCUT2D eigenvalue weighted by Gasteiger charge is -2.14. The van der Waals surface area contributed by atoms with Gasteiger partial charge in [-0.2, -0.15) is 5.10 Å². The minimum Gasteiger partial charge on any atom is -0.353 e. The number of nitrogens with two attached hydrogens (primary N) is 1. The third-order valence-electron chi connectivity index (χ3n) is 3.69. The number of hydrogen-bond donors (Lipinski definition) is 2. The van der Waals surface area contributed by atoms with Gasteiger partial charge < -0.3 is 11.1 Å². The quantitative estimate of drug-likeness (QED) is 0.574. The molecule has 1 aromatic carbocycles. The lowest BCUT2D eigenvalue weighted by atomic mass is 9.99. The van der Waals surface area contributed by atoms with Gasteiger partial charge in [0.25, 0.3) is 0 Å². The fourth-order valence-electron chi connectivity index (χ4n) is 2.21. The molecule has 0 radical (unpaired) electrons. The monoisotopic (exact) mass is 367 g/mol. The second-order valence-corrected chi connectivity index (χ2v) is 5.89. The Morgan fingerprint density at radius 1 is 1.32 bits per heavy atom. The van der Waals surface area contributed by atoms with Crippen LogP contribution in [0.2, 0.25) is 0 Å². The molecule has 0 aliphatic rings. The molecule has 8 nitrogen and oxygen atoms in total. The van der Waals surface area contributed by atoms with E-state index in [0.717, 1.165) is 11.8 Å². The molecule has 136 valence electrons. The lowest BCUT2D eigenvalue weighted by Crippen LogP contribution is -2.34. The molecular formula is C16H22ClN5O3. The predicted octanol–water partition coefficient (Wildman–Crippen LogP) is 2.15. The minimum absolute atomic E-state index is 0. The highest BCUT2D eigenvalue weighted by molar-refractivity contribution is 5.85. The number of nitro groups is 1. The van der Waals surface area contributed by atoms with E-state index in [9.17, 15) is 14.9 Å². The van der Waals surface area contributed by atoms with E-state index in [1.54, 1.807) is 0 Å². The zero-order chi connectivity index (χ0) is 17.7. The summed E-state index contributed by atoms with van der Waals surface area (Å²) in [5.74, 6) is 0.148. The van der Waals surface area contributed by atoms with Crippen molar-refractivity contribution in [3.05, 3.63) is 57.9 Å². The molecule has 0 bridgehead atoms. The average molecular weight is 368 g/mol. The highest BCUT2D eigenvalue weighted by Gasteiger charge is 2.12. The topological polar surface area (TPSA) is 116 Å². The van der Waals surface area contributed by atoms with Crippen molar-refractivity contribution in [1.82, 2.24) is 15.1 Å². The molecule has 2 aromatic rings. The van der Waals surface area contributed by atoms with E-state index in [4.69, 9.17) is 5.73 Å². The Hall–Kier alpha value is -2.45. The number of nitrogens with zero attached hydrogens (tertiary/aromatic N) is 3. The fourth-order valence-corrected chi connectivity index (χ4v) is 2.21. The number of rotatable bonds is 7. The summed E-state index contributed by atoms with van der Waals surface area (Å²) >= 11 is 0. The van der Waals surface area contributed by atoms with Crippen LogP contribution in [-0.4, -0.2) is 27.2 Å². The predicted molar refractivity (Wildman–Crippen MR) is 96.6 cm³/mol. The van der Waals surface area contributed by atoms with Crippen LogP contribution in [0.15, 0.2) is 36.7 Å². The molecule has 0 aliphatic carbocycles. The van der Waals surface area contributed by atoms with Gasteiger partial charge in [-0.05, 0) is 17.0 Å². The largest absolute Gasteiger partial charge is 0.353 e. The van der Waals surface area contributed by atoms with E-state index in [1.807, 2.05) is 24.3 Å². The molecule has 0 fully saturated rings. The van der Waals surface area contributed by atoms with Gasteiger partial charge in [0.2, 0.25) is 5.91 Å². The van der Waals surface area contributed by atoms with Crippen molar-refractivity contribution in [2.75, 3.05) is 6.54 Å². The normalized spacial score (nSPS) is 11.7. The molecule has 1 amide bonds. The number of nitrogens with one attached hydrogen (secondary N) is 1. The maximum atomic E-state index is 11.9. The SMILES string of the molecule is CC(C)c1ccc(C(N)CNC(=O)Cn2cc([N+](=O)[O-])cn2)cc1.Cl. The first kappa shape index (κ1) is 20.6. The van der Waals surface area contributed by atoms with Crippen LogP contribution in [0.1, 0.15) is 36.9 Å². The molecular weight excluding hydrogens is 346 g/mol. The summed E-state index contributed by atoms with van der Waals surface area (Å²) in [7, 11) is 0. The summed E-state index contributed by atoms with van der Waals surface area (Å²) < 4.78 is 1.22. The van der Waals surface area contributed by atoms with Crippen LogP contribution in [0.3, 0.4) is 0 Å². The first-order valence-electron chi connectivity index (χ1n) is 7.65. The smallest absolute Gasteiger partial charge is 0.307 e. The van der Waals surface area contributed by atoms with Crippen LogP contribution in [-0.2, 0) is 11.3 Å². The van der Waals surface area contributed by atoms with E-state index in [2.05, 4.69) is 24.3 Å². The Labute approximate surface area is 152 Å². The maximum Gasteiger partial charge on any atom is 0.307 e. The number of hydrogen-bond acceptors (Lipinski definition) is 5. The Morgan fingerprint density at radius 3 is 2.44 bits per heavy atom. The van der Waals surface area contributed by atoms with Crippen LogP contribution < -0.4 is 11.1 Å². The summed E-state index contributed by atoms with van der Waals surface area (Å²) in [5.41, 5.74) is 8.10. The average Bonchev–Trinajstić information content (AvgIpc) is 3.01. The van der Waals surface area contributed by atoms with Gasteiger partial charge >= 0.3 is 5.69 Å². The maximum absolute atomic E-state index is 11.9. The Bertz CT molecular complexity index is 715. The van der Waals surface area contributed by atoms with Gasteiger partial charge in [0.1, 0.15) is 18.9 Å². The van der Waals surface area contributed by atoms with Gasteiger partial charge in [0.15, 0.2) is 0 Å². The molecule has 0 aliphatic heterocycles. The summed E-state index contributed by atoms with van der Waals surface area (Å²) in [4.78, 5) is 21.9. The highest BCUT2D eigenvalue weighted by Crippen LogP contribution is 2.17. The molecule has 1 heterocycles. The van der Waals surface area contributed by atoms with Crippen molar-refractivity contribution in [2.24, 2.45) is 5.73 Å². The van der Waals surface area contributed by atoms with Crippen molar-refractivity contribution in [3.8, 4) is 0 Å². The van der Waals surface area contributed by atoms with Crippen molar-refractivity contribution in [1.29, 1.82) is 0 Å². The number of halogens is 1. The molecule has 0 saturated heterocycles. The Balaban J connectivity index is 0.00000312. The van der Waals surface area contributed by atoms with Gasteiger partial charge in [-0.25, -0.2) is 0 Å². The molecule has 0 saturated carbocycles. The third-order valence-corrected chi connectivity index (χ3v) is 3.69. The van der Waals surface area contributed by atoms with Gasteiger partial charge in [-0.3, -0.25) is 19.6 Å². The number of amides is 1. The van der Waals surface area contributed by atoms with Gasteiger partial charge in [0, 0.05) is 12.6 Å². The zero-order valence-corrected chi connectivity index (χ0v) is 14.9. The number of carbonyl (C=O) groups excluding carboxylic acids is 1. The molecule has 2 rings (SSSR count). The number of aromatic nitrogens is 2. The van der Waals surface area contributed by atoms with Gasteiger partial charge in [-0.1, -0.05) is 38.1 Å². The number of benzene rings is 1. The van der Waals surface area contributed by atoms with Crippen molar-refractivity contribution < 1.29 is 9.72 Å². The summed E-state index contributed by atoms with van der Waals surface area (Å²) in [5, 5.41) is 17.1. The second-order valence-electron chi connectivity index (χ2n) is 5.89. The molecule has 1 unspecified atom stereocenters. The lowest BCUT2D eigenvalue weighted by molar-refractivity contribution is -0.385. The van der Waals surface area contributed by atoms with Crippen LogP contribution in [0.5, 0.6) is 0 Å². The first-order valence-corrected chi connectivity index (χ1v) is 7.65. The fraction of sp³-hybridized carbons (Fsp3) is 0.375. The van der Waals surface area contributed by atoms with Gasteiger partial charge in [-0.15, -0.1) is 12.4 Å². The zero-order valence-electron chi connectivity index (χ0n) is 14.1. The first-order chi connectivity index (χ1) is 11.4. The minimum atomic E-state index is -0.557. The molecule has 3 N–H and O–H groups in total. The number of carbonyl (C=O) groups is 1. The van der Waals surface area contributed by atoms with Crippen LogP contribution in [0, 0.1) is 10.1 Å². The van der Waals surface area contributed by atoms with Crippen LogP contribution in [0.4, 0.5) is 5.69 Å². The van der Waals surface area contributed by atoms with E-state index >= 15 is 0 Å². The second kappa shape index (κ2) is 9.14. The van der Waals surface area contributed by atoms with Gasteiger partial charge in [0.05, 0.1) is 4.92 Å². The van der Waals surface area contributed by atoms with E-state index in [1.165, 1.54) is 16.4 Å². The Kier molecular flexibility index (Phi) is 7.53. The molecule has 0 spiro atoms.